The summed E-state index contributed by atoms with van der Waals surface area (Å²) >= 11 is 0. The number of ether oxygens (including phenoxy) is 3. The Morgan fingerprint density at radius 2 is 1.68 bits per heavy atom. The number of hydrogen-bond donors (Lipinski definition) is 1. The van der Waals surface area contributed by atoms with E-state index in [0.717, 1.165) is 0 Å². The third kappa shape index (κ3) is 7.70. The van der Waals surface area contributed by atoms with Crippen LogP contribution in [0.25, 0.3) is 0 Å². The van der Waals surface area contributed by atoms with Gasteiger partial charge in [0.25, 0.3) is 5.91 Å². The Bertz CT molecular complexity index is 1020. The molecule has 4 rings (SSSR count). The summed E-state index contributed by atoms with van der Waals surface area (Å²) in [5, 5.41) is 2.89. The molecule has 40 heavy (non-hydrogen) atoms. The molecule has 3 aliphatic rings. The number of likely N-dealkylation sites (tertiary alicyclic amines) is 1. The molecule has 3 heterocycles. The van der Waals surface area contributed by atoms with Gasteiger partial charge < -0.3 is 39.1 Å². The van der Waals surface area contributed by atoms with Crippen LogP contribution in [0.2, 0.25) is 0 Å². The number of benzene rings is 1. The first-order valence-corrected chi connectivity index (χ1v) is 14.0. The molecule has 1 aromatic rings. The normalized spacial score (nSPS) is 24.4. The molecule has 0 spiro atoms. The highest BCUT2D eigenvalue weighted by molar-refractivity contribution is 5.91. The van der Waals surface area contributed by atoms with Crippen molar-refractivity contribution in [2.24, 2.45) is 0 Å². The predicted molar refractivity (Wildman–Crippen MR) is 145 cm³/mol. The number of amides is 4. The maximum atomic E-state index is 13.6. The summed E-state index contributed by atoms with van der Waals surface area (Å²) < 4.78 is 16.7. The van der Waals surface area contributed by atoms with E-state index in [4.69, 9.17) is 14.2 Å². The Kier molecular flexibility index (Phi) is 10.7. The molecule has 3 fully saturated rings. The number of likely N-dealkylation sites (N-methyl/N-ethyl adjacent to an activating group) is 1. The van der Waals surface area contributed by atoms with Gasteiger partial charge in [-0.15, -0.1) is 0 Å². The van der Waals surface area contributed by atoms with Crippen molar-refractivity contribution in [2.75, 3.05) is 79.9 Å². The third-order valence-electron chi connectivity index (χ3n) is 7.75. The summed E-state index contributed by atoms with van der Waals surface area (Å²) in [5.74, 6) is -0.261. The van der Waals surface area contributed by atoms with Crippen molar-refractivity contribution in [3.05, 3.63) is 30.3 Å². The molecule has 0 unspecified atom stereocenters. The third-order valence-corrected chi connectivity index (χ3v) is 7.75. The van der Waals surface area contributed by atoms with E-state index in [1.54, 1.807) is 26.8 Å². The Morgan fingerprint density at radius 1 is 0.950 bits per heavy atom. The van der Waals surface area contributed by atoms with Gasteiger partial charge in [0.2, 0.25) is 17.7 Å². The van der Waals surface area contributed by atoms with Crippen molar-refractivity contribution in [2.45, 2.75) is 37.4 Å². The summed E-state index contributed by atoms with van der Waals surface area (Å²) in [6.07, 6.45) is 1.73. The van der Waals surface area contributed by atoms with Crippen LogP contribution in [-0.4, -0.2) is 141 Å². The molecular formula is C28H41N5O7. The van der Waals surface area contributed by atoms with Crippen molar-refractivity contribution < 1.29 is 33.4 Å². The number of nitrogens with one attached hydrogen (secondary N) is 1. The quantitative estimate of drug-likeness (QED) is 0.517. The van der Waals surface area contributed by atoms with Gasteiger partial charge >= 0.3 is 0 Å². The van der Waals surface area contributed by atoms with Crippen LogP contribution in [0.3, 0.4) is 0 Å². The fourth-order valence-corrected chi connectivity index (χ4v) is 5.56. The molecule has 0 saturated carbocycles. The van der Waals surface area contributed by atoms with Gasteiger partial charge in [0.15, 0.2) is 6.61 Å². The number of para-hydroxylation sites is 1. The highest BCUT2D eigenvalue weighted by atomic mass is 16.5. The summed E-state index contributed by atoms with van der Waals surface area (Å²) in [4.78, 5) is 59.7. The van der Waals surface area contributed by atoms with Crippen molar-refractivity contribution in [3.8, 4) is 5.75 Å². The first-order chi connectivity index (χ1) is 19.3. The van der Waals surface area contributed by atoms with Gasteiger partial charge in [-0.1, -0.05) is 18.2 Å². The van der Waals surface area contributed by atoms with Crippen molar-refractivity contribution in [1.29, 1.82) is 0 Å². The van der Waals surface area contributed by atoms with Crippen molar-refractivity contribution in [3.63, 3.8) is 0 Å². The lowest BCUT2D eigenvalue weighted by Crippen LogP contribution is -2.57. The lowest BCUT2D eigenvalue weighted by atomic mass is 10.0. The van der Waals surface area contributed by atoms with Gasteiger partial charge in [0.1, 0.15) is 24.9 Å². The Labute approximate surface area is 235 Å². The molecule has 2 atom stereocenters. The van der Waals surface area contributed by atoms with Crippen LogP contribution in [0, 0.1) is 0 Å². The SMILES string of the molecule is CN(C)[C@@H]1CCN2C(=O)CN(C3CCN(C(=O)COc4ccccc4)CC3)C(=O)COCCOCCNC(=O)[C@H]12. The first kappa shape index (κ1) is 29.8. The van der Waals surface area contributed by atoms with E-state index in [1.807, 2.05) is 37.2 Å². The number of fused-ring (bicyclic) bond motifs is 1. The molecular weight excluding hydrogens is 518 g/mol. The second-order valence-corrected chi connectivity index (χ2v) is 10.5. The standard InChI is InChI=1S/C28H41N5O7/c1-30(2)23-10-14-32-24(34)18-33(26(36)19-39-17-16-38-15-11-29-28(37)27(23)32)21-8-12-31(13-9-21)25(35)20-40-22-6-4-3-5-7-22/h3-7,21,23,27H,8-20H2,1-2H3,(H,29,37)/t23-,27+/m1/s1. The van der Waals surface area contributed by atoms with E-state index in [1.165, 1.54) is 0 Å². The average Bonchev–Trinajstić information content (AvgIpc) is 3.42. The highest BCUT2D eigenvalue weighted by Gasteiger charge is 2.43. The average molecular weight is 560 g/mol. The minimum Gasteiger partial charge on any atom is -0.484 e. The summed E-state index contributed by atoms with van der Waals surface area (Å²) in [5.41, 5.74) is 0. The van der Waals surface area contributed by atoms with Crippen LogP contribution in [0.4, 0.5) is 0 Å². The topological polar surface area (TPSA) is 121 Å². The zero-order valence-corrected chi connectivity index (χ0v) is 23.5. The summed E-state index contributed by atoms with van der Waals surface area (Å²) in [7, 11) is 3.80. The second kappa shape index (κ2) is 14.4. The molecule has 12 heteroatoms. The molecule has 4 amide bonds. The monoisotopic (exact) mass is 559 g/mol. The van der Waals surface area contributed by atoms with E-state index < -0.39 is 6.04 Å². The molecule has 220 valence electrons. The van der Waals surface area contributed by atoms with Gasteiger partial charge in [0.05, 0.1) is 19.8 Å². The molecule has 3 aliphatic heterocycles. The molecule has 12 nitrogen and oxygen atoms in total. The molecule has 1 N–H and O–H groups in total. The Hall–Kier alpha value is -3.22. The van der Waals surface area contributed by atoms with E-state index >= 15 is 0 Å². The van der Waals surface area contributed by atoms with E-state index in [2.05, 4.69) is 5.32 Å². The fourth-order valence-electron chi connectivity index (χ4n) is 5.56. The molecule has 0 aromatic heterocycles. The van der Waals surface area contributed by atoms with Gasteiger partial charge in [-0.25, -0.2) is 0 Å². The number of nitrogens with zero attached hydrogens (tertiary/aromatic N) is 4. The first-order valence-electron chi connectivity index (χ1n) is 14.0. The number of carbonyl (C=O) groups excluding carboxylic acids is 4. The van der Waals surface area contributed by atoms with Crippen LogP contribution < -0.4 is 10.1 Å². The summed E-state index contributed by atoms with van der Waals surface area (Å²) in [6.45, 7) is 2.14. The molecule has 0 radical (unpaired) electrons. The summed E-state index contributed by atoms with van der Waals surface area (Å²) in [6, 6.07) is 8.17. The van der Waals surface area contributed by atoms with Crippen LogP contribution in [-0.2, 0) is 28.7 Å². The van der Waals surface area contributed by atoms with E-state index in [9.17, 15) is 19.2 Å². The number of rotatable bonds is 5. The van der Waals surface area contributed by atoms with Gasteiger partial charge in [-0.3, -0.25) is 19.2 Å². The lowest BCUT2D eigenvalue weighted by Gasteiger charge is -2.39. The van der Waals surface area contributed by atoms with Crippen LogP contribution in [0.1, 0.15) is 19.3 Å². The predicted octanol–water partition coefficient (Wildman–Crippen LogP) is -0.421. The fraction of sp³-hybridized carbons (Fsp3) is 0.643. The maximum Gasteiger partial charge on any atom is 0.260 e. The van der Waals surface area contributed by atoms with Gasteiger partial charge in [-0.05, 0) is 45.5 Å². The lowest BCUT2D eigenvalue weighted by molar-refractivity contribution is -0.149. The van der Waals surface area contributed by atoms with Crippen LogP contribution in [0.5, 0.6) is 5.75 Å². The Morgan fingerprint density at radius 3 is 2.40 bits per heavy atom. The van der Waals surface area contributed by atoms with Crippen molar-refractivity contribution in [1.82, 2.24) is 24.9 Å². The molecule has 0 aliphatic carbocycles. The maximum absolute atomic E-state index is 13.6. The molecule has 3 saturated heterocycles. The van der Waals surface area contributed by atoms with Crippen molar-refractivity contribution >= 4 is 23.6 Å². The number of carbonyl (C=O) groups is 4. The van der Waals surface area contributed by atoms with Gasteiger partial charge in [0, 0.05) is 38.3 Å². The van der Waals surface area contributed by atoms with Gasteiger partial charge in [-0.2, -0.15) is 0 Å². The van der Waals surface area contributed by atoms with Crippen LogP contribution >= 0.6 is 0 Å². The largest absolute Gasteiger partial charge is 0.484 e. The zero-order chi connectivity index (χ0) is 28.5. The number of piperidine rings is 1. The van der Waals surface area contributed by atoms with E-state index in [-0.39, 0.29) is 62.1 Å². The zero-order valence-electron chi connectivity index (χ0n) is 23.5. The second-order valence-electron chi connectivity index (χ2n) is 10.5. The van der Waals surface area contributed by atoms with E-state index in [0.29, 0.717) is 64.4 Å². The smallest absolute Gasteiger partial charge is 0.260 e. The highest BCUT2D eigenvalue weighted by Crippen LogP contribution is 2.24. The molecule has 1 aromatic carbocycles. The molecule has 0 bridgehead atoms. The minimum absolute atomic E-state index is 0.0584. The Balaban J connectivity index is 1.42. The van der Waals surface area contributed by atoms with Crippen LogP contribution in [0.15, 0.2) is 30.3 Å². The minimum atomic E-state index is -0.648. The number of hydrogen-bond acceptors (Lipinski definition) is 8.